The molecule has 8 heteroatoms. The molecule has 1 aromatic carbocycles. The molecule has 0 spiro atoms. The SMILES string of the molecule is CC(C)(C)n1cc(C(=O)N2CCC(C(=O)O)C2)c(-c2ccc(F)cc2F)n1. The lowest BCUT2D eigenvalue weighted by molar-refractivity contribution is -0.141. The van der Waals surface area contributed by atoms with Gasteiger partial charge in [-0.2, -0.15) is 5.10 Å². The van der Waals surface area contributed by atoms with Crippen molar-refractivity contribution < 1.29 is 23.5 Å². The number of benzene rings is 1. The van der Waals surface area contributed by atoms with E-state index in [0.29, 0.717) is 13.0 Å². The number of hydrogen-bond acceptors (Lipinski definition) is 3. The van der Waals surface area contributed by atoms with Crippen LogP contribution in [-0.4, -0.2) is 44.8 Å². The Labute approximate surface area is 155 Å². The van der Waals surface area contributed by atoms with Crippen molar-refractivity contribution in [1.82, 2.24) is 14.7 Å². The molecular weight excluding hydrogens is 356 g/mol. The van der Waals surface area contributed by atoms with Gasteiger partial charge in [-0.15, -0.1) is 0 Å². The summed E-state index contributed by atoms with van der Waals surface area (Å²) in [5.74, 6) is -3.50. The minimum atomic E-state index is -0.944. The molecule has 1 N–H and O–H groups in total. The average molecular weight is 377 g/mol. The fraction of sp³-hybridized carbons (Fsp3) is 0.421. The van der Waals surface area contributed by atoms with Crippen LogP contribution in [0.4, 0.5) is 8.78 Å². The summed E-state index contributed by atoms with van der Waals surface area (Å²) in [4.78, 5) is 25.6. The van der Waals surface area contributed by atoms with E-state index in [4.69, 9.17) is 5.11 Å². The normalized spacial score (nSPS) is 17.4. The summed E-state index contributed by atoms with van der Waals surface area (Å²) in [5.41, 5.74) is -0.150. The van der Waals surface area contributed by atoms with Gasteiger partial charge in [-0.05, 0) is 39.3 Å². The number of carboxylic acid groups (broad SMARTS) is 1. The van der Waals surface area contributed by atoms with Crippen molar-refractivity contribution in [2.24, 2.45) is 5.92 Å². The van der Waals surface area contributed by atoms with Crippen LogP contribution in [0.2, 0.25) is 0 Å². The molecule has 1 aliphatic heterocycles. The van der Waals surface area contributed by atoms with Gasteiger partial charge in [0.1, 0.15) is 17.3 Å². The van der Waals surface area contributed by atoms with Crippen molar-refractivity contribution in [3.63, 3.8) is 0 Å². The molecule has 2 heterocycles. The lowest BCUT2D eigenvalue weighted by Gasteiger charge is -2.19. The summed E-state index contributed by atoms with van der Waals surface area (Å²) in [6, 6.07) is 3.11. The Morgan fingerprint density at radius 3 is 2.52 bits per heavy atom. The van der Waals surface area contributed by atoms with Crippen molar-refractivity contribution >= 4 is 11.9 Å². The first-order valence-electron chi connectivity index (χ1n) is 8.65. The molecule has 0 bridgehead atoms. The van der Waals surface area contributed by atoms with Gasteiger partial charge in [-0.3, -0.25) is 14.3 Å². The van der Waals surface area contributed by atoms with Gasteiger partial charge in [0.05, 0.1) is 17.0 Å². The Bertz CT molecular complexity index is 902. The van der Waals surface area contributed by atoms with Crippen LogP contribution in [0.25, 0.3) is 11.3 Å². The van der Waals surface area contributed by atoms with Crippen molar-refractivity contribution in [3.05, 3.63) is 41.6 Å². The Balaban J connectivity index is 2.05. The fourth-order valence-corrected chi connectivity index (χ4v) is 3.07. The second-order valence-electron chi connectivity index (χ2n) is 7.71. The third kappa shape index (κ3) is 3.70. The minimum absolute atomic E-state index is 0.0248. The lowest BCUT2D eigenvalue weighted by Crippen LogP contribution is -2.30. The van der Waals surface area contributed by atoms with E-state index in [1.54, 1.807) is 4.68 Å². The van der Waals surface area contributed by atoms with E-state index < -0.39 is 35.0 Å². The molecule has 0 radical (unpaired) electrons. The molecule has 1 unspecified atom stereocenters. The Morgan fingerprint density at radius 2 is 1.96 bits per heavy atom. The predicted octanol–water partition coefficient (Wildman–Crippen LogP) is 3.13. The molecule has 144 valence electrons. The number of amides is 1. The zero-order valence-electron chi connectivity index (χ0n) is 15.4. The van der Waals surface area contributed by atoms with Crippen LogP contribution in [0.1, 0.15) is 37.6 Å². The lowest BCUT2D eigenvalue weighted by atomic mass is 10.1. The van der Waals surface area contributed by atoms with Crippen LogP contribution >= 0.6 is 0 Å². The quantitative estimate of drug-likeness (QED) is 0.892. The van der Waals surface area contributed by atoms with Crippen LogP contribution in [0.15, 0.2) is 24.4 Å². The summed E-state index contributed by atoms with van der Waals surface area (Å²) in [6.45, 7) is 6.06. The maximum Gasteiger partial charge on any atom is 0.308 e. The average Bonchev–Trinajstić information content (AvgIpc) is 3.21. The highest BCUT2D eigenvalue weighted by molar-refractivity contribution is 6.00. The summed E-state index contributed by atoms with van der Waals surface area (Å²) in [7, 11) is 0. The van der Waals surface area contributed by atoms with Crippen LogP contribution in [0.3, 0.4) is 0 Å². The van der Waals surface area contributed by atoms with Gasteiger partial charge in [0.25, 0.3) is 5.91 Å². The summed E-state index contributed by atoms with van der Waals surface area (Å²) < 4.78 is 29.2. The number of rotatable bonds is 3. The van der Waals surface area contributed by atoms with E-state index in [0.717, 1.165) is 12.1 Å². The van der Waals surface area contributed by atoms with Gasteiger partial charge < -0.3 is 10.0 Å². The van der Waals surface area contributed by atoms with Crippen LogP contribution < -0.4 is 0 Å². The maximum absolute atomic E-state index is 14.3. The van der Waals surface area contributed by atoms with Crippen LogP contribution in [0, 0.1) is 17.6 Å². The standard InChI is InChI=1S/C19H21F2N3O3/c1-19(2,3)24-10-14(17(25)23-7-6-11(9-23)18(26)27)16(22-24)13-5-4-12(20)8-15(13)21/h4-5,8,10-11H,6-7,9H2,1-3H3,(H,26,27). The van der Waals surface area contributed by atoms with E-state index in [1.165, 1.54) is 17.2 Å². The van der Waals surface area contributed by atoms with Crippen molar-refractivity contribution in [1.29, 1.82) is 0 Å². The molecule has 1 aliphatic rings. The maximum atomic E-state index is 14.3. The van der Waals surface area contributed by atoms with E-state index in [-0.39, 0.29) is 23.4 Å². The van der Waals surface area contributed by atoms with Gasteiger partial charge in [0.15, 0.2) is 0 Å². The molecule has 6 nitrogen and oxygen atoms in total. The molecular formula is C19H21F2N3O3. The fourth-order valence-electron chi connectivity index (χ4n) is 3.07. The Kier molecular flexibility index (Phi) is 4.75. The number of carbonyl (C=O) groups is 2. The first kappa shape index (κ1) is 19.0. The number of hydrogen-bond donors (Lipinski definition) is 1. The van der Waals surface area contributed by atoms with E-state index >= 15 is 0 Å². The summed E-state index contributed by atoms with van der Waals surface area (Å²) >= 11 is 0. The highest BCUT2D eigenvalue weighted by Gasteiger charge is 2.34. The Hall–Kier alpha value is -2.77. The molecule has 0 saturated carbocycles. The third-order valence-corrected chi connectivity index (χ3v) is 4.64. The highest BCUT2D eigenvalue weighted by atomic mass is 19.1. The van der Waals surface area contributed by atoms with Crippen LogP contribution in [0.5, 0.6) is 0 Å². The molecule has 1 fully saturated rings. The molecule has 2 aromatic rings. The van der Waals surface area contributed by atoms with E-state index in [2.05, 4.69) is 5.10 Å². The topological polar surface area (TPSA) is 75.4 Å². The molecule has 3 rings (SSSR count). The second kappa shape index (κ2) is 6.75. The molecule has 27 heavy (non-hydrogen) atoms. The number of nitrogens with zero attached hydrogens (tertiary/aromatic N) is 3. The number of aliphatic carboxylic acids is 1. The molecule has 0 aliphatic carbocycles. The Morgan fingerprint density at radius 1 is 1.26 bits per heavy atom. The monoisotopic (exact) mass is 377 g/mol. The van der Waals surface area contributed by atoms with E-state index in [9.17, 15) is 18.4 Å². The zero-order chi connectivity index (χ0) is 19.9. The molecule has 1 atom stereocenters. The zero-order valence-corrected chi connectivity index (χ0v) is 15.4. The van der Waals surface area contributed by atoms with Gasteiger partial charge in [0.2, 0.25) is 0 Å². The first-order valence-corrected chi connectivity index (χ1v) is 8.65. The van der Waals surface area contributed by atoms with Gasteiger partial charge >= 0.3 is 5.97 Å². The third-order valence-electron chi connectivity index (χ3n) is 4.64. The van der Waals surface area contributed by atoms with Gasteiger partial charge in [0, 0.05) is 30.9 Å². The van der Waals surface area contributed by atoms with Gasteiger partial charge in [-0.1, -0.05) is 0 Å². The number of carbonyl (C=O) groups excluding carboxylic acids is 1. The number of halogens is 2. The molecule has 1 amide bonds. The van der Waals surface area contributed by atoms with Crippen molar-refractivity contribution in [2.75, 3.05) is 13.1 Å². The molecule has 1 saturated heterocycles. The summed E-state index contributed by atoms with van der Waals surface area (Å²) in [5, 5.41) is 13.5. The molecule has 1 aromatic heterocycles. The highest BCUT2D eigenvalue weighted by Crippen LogP contribution is 2.30. The summed E-state index contributed by atoms with van der Waals surface area (Å²) in [6.07, 6.45) is 1.91. The minimum Gasteiger partial charge on any atom is -0.481 e. The van der Waals surface area contributed by atoms with Crippen molar-refractivity contribution in [3.8, 4) is 11.3 Å². The first-order chi connectivity index (χ1) is 12.6. The van der Waals surface area contributed by atoms with E-state index in [1.807, 2.05) is 20.8 Å². The number of carboxylic acids is 1. The van der Waals surface area contributed by atoms with Gasteiger partial charge in [-0.25, -0.2) is 8.78 Å². The number of likely N-dealkylation sites (tertiary alicyclic amines) is 1. The largest absolute Gasteiger partial charge is 0.481 e. The predicted molar refractivity (Wildman–Crippen MR) is 94.2 cm³/mol. The number of aromatic nitrogens is 2. The second-order valence-corrected chi connectivity index (χ2v) is 7.71. The smallest absolute Gasteiger partial charge is 0.308 e. The van der Waals surface area contributed by atoms with Crippen LogP contribution in [-0.2, 0) is 10.3 Å². The van der Waals surface area contributed by atoms with Crippen molar-refractivity contribution in [2.45, 2.75) is 32.7 Å².